The number of oxime groups is 1. The molecule has 0 aliphatic carbocycles. The number of aromatic hydroxyl groups is 1. The van der Waals surface area contributed by atoms with Gasteiger partial charge in [-0.1, -0.05) is 16.9 Å². The summed E-state index contributed by atoms with van der Waals surface area (Å²) in [7, 11) is 1.27. The number of aromatic nitrogens is 5. The molecule has 5 N–H and O–H groups in total. The Morgan fingerprint density at radius 2 is 2.16 bits per heavy atom. The number of thioether (sulfide) groups is 2. The van der Waals surface area contributed by atoms with Crippen LogP contribution in [-0.2, 0) is 19.2 Å². The molecule has 5 rings (SSSR count). The van der Waals surface area contributed by atoms with E-state index < -0.39 is 29.2 Å². The first-order chi connectivity index (χ1) is 18.2. The molecule has 0 saturated carbocycles. The van der Waals surface area contributed by atoms with Crippen LogP contribution in [0, 0.1) is 6.92 Å². The molecule has 0 unspecified atom stereocenters. The molecule has 1 saturated heterocycles. The van der Waals surface area contributed by atoms with Gasteiger partial charge in [0, 0.05) is 28.6 Å². The number of nitrogens with two attached hydrogens (primary N) is 1. The average Bonchev–Trinajstić information content (AvgIpc) is 3.49. The molecule has 0 bridgehead atoms. The van der Waals surface area contributed by atoms with Crippen LogP contribution in [0.1, 0.15) is 11.4 Å². The van der Waals surface area contributed by atoms with E-state index in [4.69, 9.17) is 10.6 Å². The molecule has 1 fully saturated rings. The summed E-state index contributed by atoms with van der Waals surface area (Å²) >= 11 is 3.59. The predicted octanol–water partition coefficient (Wildman–Crippen LogP) is 0.0584. The quantitative estimate of drug-likeness (QED) is 0.121. The first-order valence-corrected chi connectivity index (χ1v) is 13.7. The molecule has 3 aromatic heterocycles. The molecule has 0 aromatic carbocycles. The summed E-state index contributed by atoms with van der Waals surface area (Å²) in [6.07, 6.45) is 0. The lowest BCUT2D eigenvalue weighted by atomic mass is 10.0. The maximum absolute atomic E-state index is 13.0. The van der Waals surface area contributed by atoms with Crippen molar-refractivity contribution in [2.24, 2.45) is 5.16 Å². The average molecular weight is 578 g/mol. The lowest BCUT2D eigenvalue weighted by Crippen LogP contribution is -2.71. The van der Waals surface area contributed by atoms with Gasteiger partial charge in [0.25, 0.3) is 17.6 Å². The third-order valence-corrected chi connectivity index (χ3v) is 8.41. The van der Waals surface area contributed by atoms with Crippen molar-refractivity contribution >= 4 is 69.3 Å². The molecule has 15 nitrogen and oxygen atoms in total. The zero-order valence-electron chi connectivity index (χ0n) is 19.7. The fourth-order valence-electron chi connectivity index (χ4n) is 3.86. The first-order valence-electron chi connectivity index (χ1n) is 10.8. The maximum Gasteiger partial charge on any atom is 0.352 e. The highest BCUT2D eigenvalue weighted by Crippen LogP contribution is 2.41. The van der Waals surface area contributed by atoms with Gasteiger partial charge < -0.3 is 26.1 Å². The first kappa shape index (κ1) is 25.7. The van der Waals surface area contributed by atoms with Crippen LogP contribution in [-0.4, -0.2) is 93.2 Å². The van der Waals surface area contributed by atoms with Crippen molar-refractivity contribution in [3.05, 3.63) is 34.1 Å². The number of thiazole rings is 1. The van der Waals surface area contributed by atoms with Crippen LogP contribution >= 0.6 is 34.9 Å². The van der Waals surface area contributed by atoms with Crippen LogP contribution in [0.15, 0.2) is 33.0 Å². The summed E-state index contributed by atoms with van der Waals surface area (Å²) in [5, 5.41) is 31.9. The van der Waals surface area contributed by atoms with Gasteiger partial charge >= 0.3 is 5.97 Å². The summed E-state index contributed by atoms with van der Waals surface area (Å²) in [6, 6.07) is 0.478. The van der Waals surface area contributed by atoms with E-state index >= 15 is 0 Å². The predicted molar refractivity (Wildman–Crippen MR) is 138 cm³/mol. The molecule has 18 heteroatoms. The Morgan fingerprint density at radius 1 is 1.37 bits per heavy atom. The van der Waals surface area contributed by atoms with E-state index in [1.54, 1.807) is 6.92 Å². The van der Waals surface area contributed by atoms with Gasteiger partial charge in [-0.3, -0.25) is 14.5 Å². The third kappa shape index (κ3) is 4.61. The number of rotatable bonds is 8. The molecule has 2 aliphatic rings. The summed E-state index contributed by atoms with van der Waals surface area (Å²) in [5.41, 5.74) is 6.59. The van der Waals surface area contributed by atoms with E-state index in [0.29, 0.717) is 17.0 Å². The highest BCUT2D eigenvalue weighted by Gasteiger charge is 2.54. The van der Waals surface area contributed by atoms with Crippen molar-refractivity contribution in [2.45, 2.75) is 23.5 Å². The van der Waals surface area contributed by atoms with Gasteiger partial charge in [0.05, 0.1) is 0 Å². The molecule has 2 amide bonds. The van der Waals surface area contributed by atoms with Gasteiger partial charge in [0.2, 0.25) is 11.0 Å². The molecular weight excluding hydrogens is 558 g/mol. The van der Waals surface area contributed by atoms with Gasteiger partial charge in [-0.15, -0.1) is 28.2 Å². The molecule has 198 valence electrons. The fourth-order valence-corrected chi connectivity index (χ4v) is 6.71. The minimum Gasteiger partial charge on any atom is -0.493 e. The zero-order chi connectivity index (χ0) is 27.1. The molecule has 5 heterocycles. The van der Waals surface area contributed by atoms with Gasteiger partial charge in [-0.2, -0.15) is 9.50 Å². The van der Waals surface area contributed by atoms with Gasteiger partial charge in [-0.05, 0) is 12.5 Å². The van der Waals surface area contributed by atoms with Crippen molar-refractivity contribution in [1.82, 2.24) is 34.8 Å². The normalized spacial score (nSPS) is 19.4. The van der Waals surface area contributed by atoms with E-state index in [1.165, 1.54) is 39.7 Å². The van der Waals surface area contributed by atoms with Crippen LogP contribution < -0.4 is 11.1 Å². The van der Waals surface area contributed by atoms with E-state index in [0.717, 1.165) is 23.1 Å². The maximum atomic E-state index is 13.0. The number of nitrogens with zero attached hydrogens (tertiary/aromatic N) is 7. The highest BCUT2D eigenvalue weighted by atomic mass is 32.2. The summed E-state index contributed by atoms with van der Waals surface area (Å²) in [4.78, 5) is 56.4. The zero-order valence-corrected chi connectivity index (χ0v) is 22.1. The summed E-state index contributed by atoms with van der Waals surface area (Å²) in [6.45, 7) is 1.71. The Balaban J connectivity index is 1.31. The van der Waals surface area contributed by atoms with Crippen molar-refractivity contribution in [3.63, 3.8) is 0 Å². The van der Waals surface area contributed by atoms with E-state index in [-0.39, 0.29) is 44.8 Å². The smallest absolute Gasteiger partial charge is 0.352 e. The number of hydrogen-bond donors (Lipinski definition) is 4. The van der Waals surface area contributed by atoms with Crippen LogP contribution in [0.25, 0.3) is 5.78 Å². The van der Waals surface area contributed by atoms with Crippen LogP contribution in [0.2, 0.25) is 0 Å². The number of β-lactam (4-membered cyclic amide) rings is 1. The topological polar surface area (TPSA) is 211 Å². The largest absolute Gasteiger partial charge is 0.493 e. The minimum absolute atomic E-state index is 0.121. The SMILES string of the molecule is CO/N=C(\C(=O)N[C@@H]1C(=O)N2C(C(=O)O)=C(CSc3nc4nc(C)cc(O)n4n3)CS[C@H]12)c1csc(N)n1. The number of carboxylic acid groups (broad SMARTS) is 1. The van der Waals surface area contributed by atoms with Crippen LogP contribution in [0.4, 0.5) is 5.13 Å². The molecule has 3 aromatic rings. The number of aliphatic carboxylic acids is 1. The number of carboxylic acids is 1. The summed E-state index contributed by atoms with van der Waals surface area (Å²) < 4.78 is 1.18. The summed E-state index contributed by atoms with van der Waals surface area (Å²) in [5.74, 6) is -1.96. The number of fused-ring (bicyclic) bond motifs is 2. The standard InChI is InChI=1S/C20H19N9O6S3/c1-7-3-10(30)29-19(22-7)25-20(26-29)38-5-8-4-36-16-12(15(32)28(16)13(8)17(33)34)24-14(31)11(27-35-2)9-6-37-18(21)23-9/h3,6,12,16,30H,4-5H2,1-2H3,(H2,21,23)(H,24,31)(H,33,34)/b27-11-/t12-,16-/m1/s1. The second-order valence-corrected chi connectivity index (χ2v) is 10.9. The van der Waals surface area contributed by atoms with Gasteiger partial charge in [0.15, 0.2) is 10.8 Å². The number of aryl methyl sites for hydroxylation is 1. The number of carbonyl (C=O) groups is 3. The molecule has 0 radical (unpaired) electrons. The number of nitrogens with one attached hydrogen (secondary N) is 1. The van der Waals surface area contributed by atoms with Crippen molar-refractivity contribution in [3.8, 4) is 5.88 Å². The molecule has 38 heavy (non-hydrogen) atoms. The Kier molecular flexibility index (Phi) is 6.84. The van der Waals surface area contributed by atoms with E-state index in [2.05, 4.69) is 30.5 Å². The molecule has 2 aliphatic heterocycles. The molecule has 2 atom stereocenters. The lowest BCUT2D eigenvalue weighted by molar-refractivity contribution is -0.150. The van der Waals surface area contributed by atoms with E-state index in [9.17, 15) is 24.6 Å². The number of amides is 2. The highest BCUT2D eigenvalue weighted by molar-refractivity contribution is 8.01. The number of hydrogen-bond acceptors (Lipinski definition) is 14. The van der Waals surface area contributed by atoms with Crippen molar-refractivity contribution in [1.29, 1.82) is 0 Å². The second kappa shape index (κ2) is 10.1. The van der Waals surface area contributed by atoms with Crippen molar-refractivity contribution < 1.29 is 29.4 Å². The van der Waals surface area contributed by atoms with Crippen molar-refractivity contribution in [2.75, 3.05) is 24.3 Å². The lowest BCUT2D eigenvalue weighted by Gasteiger charge is -2.49. The number of carbonyl (C=O) groups excluding carboxylic acids is 2. The van der Waals surface area contributed by atoms with Gasteiger partial charge in [0.1, 0.15) is 29.9 Å². The Bertz CT molecular complexity index is 1530. The molecular formula is C20H19N9O6S3. The second-order valence-electron chi connectivity index (χ2n) is 7.96. The molecule has 0 spiro atoms. The fraction of sp³-hybridized carbons (Fsp3) is 0.300. The minimum atomic E-state index is -1.26. The third-order valence-electron chi connectivity index (χ3n) is 5.48. The Hall–Kier alpha value is -3.90. The number of nitrogen functional groups attached to an aromatic ring is 1. The monoisotopic (exact) mass is 577 g/mol. The van der Waals surface area contributed by atoms with E-state index in [1.807, 2.05) is 0 Å². The van der Waals surface area contributed by atoms with Crippen LogP contribution in [0.3, 0.4) is 0 Å². The van der Waals surface area contributed by atoms with Gasteiger partial charge in [-0.25, -0.2) is 14.8 Å². The Morgan fingerprint density at radius 3 is 2.84 bits per heavy atom. The number of anilines is 1. The van der Waals surface area contributed by atoms with Crippen LogP contribution in [0.5, 0.6) is 5.88 Å². The Labute approximate surface area is 226 Å².